The van der Waals surface area contributed by atoms with Gasteiger partial charge in [0.1, 0.15) is 5.76 Å². The highest BCUT2D eigenvalue weighted by molar-refractivity contribution is 5.91. The van der Waals surface area contributed by atoms with E-state index >= 15 is 0 Å². The molecule has 1 aliphatic carbocycles. The van der Waals surface area contributed by atoms with Crippen LogP contribution in [0.2, 0.25) is 0 Å². The minimum absolute atomic E-state index is 0.116. The zero-order chi connectivity index (χ0) is 21.5. The SMILES string of the molecule is CC[C@H](C)CNC(=O)OCC1CC[C@H](c2cc(NC(=O)Cc3cnc(C)o3)n[nH]2)C1. The van der Waals surface area contributed by atoms with Crippen LogP contribution in [-0.4, -0.2) is 40.3 Å². The molecule has 0 saturated heterocycles. The van der Waals surface area contributed by atoms with Crippen molar-refractivity contribution in [3.8, 4) is 0 Å². The number of carbonyl (C=O) groups excluding carboxylic acids is 2. The molecular weight excluding hydrogens is 386 g/mol. The molecule has 0 spiro atoms. The average molecular weight is 418 g/mol. The molecule has 0 radical (unpaired) electrons. The van der Waals surface area contributed by atoms with Crippen LogP contribution in [0.25, 0.3) is 0 Å². The highest BCUT2D eigenvalue weighted by atomic mass is 16.5. The first-order chi connectivity index (χ1) is 14.4. The Labute approximate surface area is 176 Å². The molecule has 3 atom stereocenters. The van der Waals surface area contributed by atoms with E-state index in [4.69, 9.17) is 9.15 Å². The van der Waals surface area contributed by atoms with Crippen molar-refractivity contribution in [2.24, 2.45) is 11.8 Å². The van der Waals surface area contributed by atoms with Gasteiger partial charge in [-0.05, 0) is 31.1 Å². The van der Waals surface area contributed by atoms with Crippen molar-refractivity contribution in [1.29, 1.82) is 0 Å². The fraction of sp³-hybridized carbons (Fsp3) is 0.619. The smallest absolute Gasteiger partial charge is 0.407 e. The summed E-state index contributed by atoms with van der Waals surface area (Å²) in [5, 5.41) is 12.8. The van der Waals surface area contributed by atoms with Crippen LogP contribution >= 0.6 is 0 Å². The van der Waals surface area contributed by atoms with Crippen LogP contribution in [-0.2, 0) is 16.0 Å². The summed E-state index contributed by atoms with van der Waals surface area (Å²) in [6.45, 7) is 7.00. The van der Waals surface area contributed by atoms with Crippen LogP contribution in [0.5, 0.6) is 0 Å². The molecule has 164 valence electrons. The molecule has 1 unspecified atom stereocenters. The number of oxazole rings is 1. The molecule has 9 nitrogen and oxygen atoms in total. The molecule has 2 aromatic heterocycles. The largest absolute Gasteiger partial charge is 0.449 e. The van der Waals surface area contributed by atoms with E-state index in [1.165, 1.54) is 0 Å². The summed E-state index contributed by atoms with van der Waals surface area (Å²) in [5.41, 5.74) is 0.990. The third kappa shape index (κ3) is 6.33. The van der Waals surface area contributed by atoms with E-state index in [9.17, 15) is 9.59 Å². The molecular formula is C21H31N5O4. The van der Waals surface area contributed by atoms with Gasteiger partial charge in [-0.1, -0.05) is 20.3 Å². The average Bonchev–Trinajstić information content (AvgIpc) is 3.45. The number of carbonyl (C=O) groups is 2. The van der Waals surface area contributed by atoms with Crippen molar-refractivity contribution >= 4 is 17.8 Å². The first-order valence-corrected chi connectivity index (χ1v) is 10.6. The van der Waals surface area contributed by atoms with E-state index in [0.717, 1.165) is 31.4 Å². The second kappa shape index (κ2) is 10.3. The van der Waals surface area contributed by atoms with Crippen LogP contribution in [0.4, 0.5) is 10.6 Å². The summed E-state index contributed by atoms with van der Waals surface area (Å²) in [7, 11) is 0. The maximum absolute atomic E-state index is 12.1. The van der Waals surface area contributed by atoms with Gasteiger partial charge in [0, 0.05) is 31.1 Å². The van der Waals surface area contributed by atoms with E-state index < -0.39 is 0 Å². The zero-order valence-corrected chi connectivity index (χ0v) is 17.9. The predicted octanol–water partition coefficient (Wildman–Crippen LogP) is 3.54. The lowest BCUT2D eigenvalue weighted by Crippen LogP contribution is -2.29. The number of nitrogens with zero attached hydrogens (tertiary/aromatic N) is 2. The summed E-state index contributed by atoms with van der Waals surface area (Å²) >= 11 is 0. The van der Waals surface area contributed by atoms with Crippen molar-refractivity contribution in [3.05, 3.63) is 29.6 Å². The van der Waals surface area contributed by atoms with E-state index in [-0.39, 0.29) is 18.4 Å². The first kappa shape index (κ1) is 21.9. The highest BCUT2D eigenvalue weighted by Crippen LogP contribution is 2.38. The normalized spacial score (nSPS) is 19.4. The number of nitrogens with one attached hydrogen (secondary N) is 3. The standard InChI is InChI=1S/C21H31N5O4/c1-4-13(2)10-23-21(28)29-12-15-5-6-16(7-15)18-9-19(26-25-18)24-20(27)8-17-11-22-14(3)30-17/h9,11,13,15-16H,4-8,10,12H2,1-3H3,(H,23,28)(H2,24,25,26,27)/t13-,15?,16-/m0/s1. The number of aryl methyl sites for hydroxylation is 1. The quantitative estimate of drug-likeness (QED) is 0.573. The Balaban J connectivity index is 1.40. The fourth-order valence-corrected chi connectivity index (χ4v) is 3.60. The Morgan fingerprint density at radius 3 is 2.97 bits per heavy atom. The minimum Gasteiger partial charge on any atom is -0.449 e. The summed E-state index contributed by atoms with van der Waals surface area (Å²) in [6, 6.07) is 1.87. The molecule has 0 aromatic carbocycles. The molecule has 3 rings (SSSR count). The van der Waals surface area contributed by atoms with Gasteiger partial charge in [0.2, 0.25) is 5.91 Å². The van der Waals surface area contributed by atoms with E-state index in [2.05, 4.69) is 39.7 Å². The van der Waals surface area contributed by atoms with E-state index in [0.29, 0.717) is 48.4 Å². The molecule has 1 aliphatic rings. The second-order valence-electron chi connectivity index (χ2n) is 8.15. The van der Waals surface area contributed by atoms with Crippen LogP contribution in [0.1, 0.15) is 62.8 Å². The van der Waals surface area contributed by atoms with Crippen molar-refractivity contribution in [2.75, 3.05) is 18.5 Å². The van der Waals surface area contributed by atoms with Crippen molar-refractivity contribution < 1.29 is 18.7 Å². The molecule has 2 amide bonds. The molecule has 0 bridgehead atoms. The summed E-state index contributed by atoms with van der Waals surface area (Å²) in [6.07, 6.45) is 5.26. The number of ether oxygens (including phenoxy) is 1. The van der Waals surface area contributed by atoms with Crippen LogP contribution in [0, 0.1) is 18.8 Å². The van der Waals surface area contributed by atoms with Crippen LogP contribution < -0.4 is 10.6 Å². The van der Waals surface area contributed by atoms with Crippen molar-refractivity contribution in [1.82, 2.24) is 20.5 Å². The molecule has 1 fully saturated rings. The number of H-pyrrole nitrogens is 1. The Morgan fingerprint density at radius 2 is 2.23 bits per heavy atom. The van der Waals surface area contributed by atoms with E-state index in [1.54, 1.807) is 13.1 Å². The summed E-state index contributed by atoms with van der Waals surface area (Å²) in [4.78, 5) is 27.9. The highest BCUT2D eigenvalue weighted by Gasteiger charge is 2.28. The number of hydrogen-bond donors (Lipinski definition) is 3. The number of hydrogen-bond acceptors (Lipinski definition) is 6. The number of anilines is 1. The van der Waals surface area contributed by atoms with Gasteiger partial charge in [-0.2, -0.15) is 5.10 Å². The Hall–Kier alpha value is -2.84. The molecule has 2 aromatic rings. The van der Waals surface area contributed by atoms with E-state index in [1.807, 2.05) is 6.07 Å². The monoisotopic (exact) mass is 417 g/mol. The number of aromatic nitrogens is 3. The molecule has 30 heavy (non-hydrogen) atoms. The van der Waals surface area contributed by atoms with Gasteiger partial charge in [-0.3, -0.25) is 9.89 Å². The molecule has 1 saturated carbocycles. The van der Waals surface area contributed by atoms with Gasteiger partial charge in [0.15, 0.2) is 11.7 Å². The maximum atomic E-state index is 12.1. The maximum Gasteiger partial charge on any atom is 0.407 e. The lowest BCUT2D eigenvalue weighted by atomic mass is 10.0. The Morgan fingerprint density at radius 1 is 1.40 bits per heavy atom. The Bertz CT molecular complexity index is 846. The number of aromatic amines is 1. The van der Waals surface area contributed by atoms with Crippen molar-refractivity contribution in [2.45, 2.75) is 58.8 Å². The van der Waals surface area contributed by atoms with Crippen LogP contribution in [0.3, 0.4) is 0 Å². The molecule has 0 aliphatic heterocycles. The number of rotatable bonds is 9. The number of alkyl carbamates (subject to hydrolysis) is 1. The lowest BCUT2D eigenvalue weighted by Gasteiger charge is -2.13. The van der Waals surface area contributed by atoms with Crippen LogP contribution in [0.15, 0.2) is 16.7 Å². The first-order valence-electron chi connectivity index (χ1n) is 10.6. The van der Waals surface area contributed by atoms with Gasteiger partial charge in [-0.25, -0.2) is 9.78 Å². The molecule has 2 heterocycles. The topological polar surface area (TPSA) is 122 Å². The summed E-state index contributed by atoms with van der Waals surface area (Å²) in [5.74, 6) is 2.45. The second-order valence-corrected chi connectivity index (χ2v) is 8.15. The fourth-order valence-electron chi connectivity index (χ4n) is 3.60. The Kier molecular flexibility index (Phi) is 7.48. The summed E-state index contributed by atoms with van der Waals surface area (Å²) < 4.78 is 10.7. The van der Waals surface area contributed by atoms with Gasteiger partial charge in [0.05, 0.1) is 19.2 Å². The number of amides is 2. The van der Waals surface area contributed by atoms with Gasteiger partial charge in [0.25, 0.3) is 0 Å². The van der Waals surface area contributed by atoms with Gasteiger partial charge in [-0.15, -0.1) is 0 Å². The molecule has 9 heteroatoms. The third-order valence-corrected chi connectivity index (χ3v) is 5.59. The molecule has 3 N–H and O–H groups in total. The zero-order valence-electron chi connectivity index (χ0n) is 17.9. The predicted molar refractivity (Wildman–Crippen MR) is 111 cm³/mol. The van der Waals surface area contributed by atoms with Gasteiger partial charge >= 0.3 is 6.09 Å². The third-order valence-electron chi connectivity index (χ3n) is 5.59. The van der Waals surface area contributed by atoms with Gasteiger partial charge < -0.3 is 19.8 Å². The lowest BCUT2D eigenvalue weighted by molar-refractivity contribution is -0.115. The van der Waals surface area contributed by atoms with Crippen molar-refractivity contribution in [3.63, 3.8) is 0 Å². The minimum atomic E-state index is -0.341.